The van der Waals surface area contributed by atoms with Gasteiger partial charge in [0.2, 0.25) is 0 Å². The van der Waals surface area contributed by atoms with Crippen molar-refractivity contribution in [2.45, 2.75) is 26.4 Å². The van der Waals surface area contributed by atoms with Gasteiger partial charge in [0.25, 0.3) is 5.91 Å². The van der Waals surface area contributed by atoms with Crippen LogP contribution in [0.15, 0.2) is 42.5 Å². The first-order valence-electron chi connectivity index (χ1n) is 8.33. The lowest BCUT2D eigenvalue weighted by molar-refractivity contribution is 0.0792. The first kappa shape index (κ1) is 16.4. The molecule has 1 heterocycles. The van der Waals surface area contributed by atoms with Gasteiger partial charge in [-0.25, -0.2) is 0 Å². The molecule has 0 radical (unpaired) electrons. The van der Waals surface area contributed by atoms with E-state index in [1.165, 1.54) is 0 Å². The summed E-state index contributed by atoms with van der Waals surface area (Å²) in [6.45, 7) is 4.08. The SMILES string of the molecule is COc1ccc(C(=O)N2CCCC2)cc1COc1ccccc1C. The molecule has 0 N–H and O–H groups in total. The number of amides is 1. The second-order valence-electron chi connectivity index (χ2n) is 6.08. The Hall–Kier alpha value is -2.49. The molecule has 4 nitrogen and oxygen atoms in total. The van der Waals surface area contributed by atoms with Crippen LogP contribution in [0.2, 0.25) is 0 Å². The molecular formula is C20H23NO3. The van der Waals surface area contributed by atoms with Gasteiger partial charge in [0.05, 0.1) is 7.11 Å². The molecule has 0 aromatic heterocycles. The fourth-order valence-electron chi connectivity index (χ4n) is 3.00. The summed E-state index contributed by atoms with van der Waals surface area (Å²) in [6, 6.07) is 13.5. The Balaban J connectivity index is 1.79. The van der Waals surface area contributed by atoms with Crippen molar-refractivity contribution in [2.24, 2.45) is 0 Å². The number of methoxy groups -OCH3 is 1. The van der Waals surface area contributed by atoms with Crippen LogP contribution in [0, 0.1) is 6.92 Å². The average molecular weight is 325 g/mol. The zero-order valence-corrected chi connectivity index (χ0v) is 14.2. The largest absolute Gasteiger partial charge is 0.496 e. The summed E-state index contributed by atoms with van der Waals surface area (Å²) in [5.41, 5.74) is 2.66. The zero-order chi connectivity index (χ0) is 16.9. The topological polar surface area (TPSA) is 38.8 Å². The number of hydrogen-bond acceptors (Lipinski definition) is 3. The molecule has 1 amide bonds. The third-order valence-corrected chi connectivity index (χ3v) is 4.40. The molecule has 0 bridgehead atoms. The standard InChI is InChI=1S/C20H23NO3/c1-15-7-3-4-8-18(15)24-14-17-13-16(9-10-19(17)23-2)20(22)21-11-5-6-12-21/h3-4,7-10,13H,5-6,11-12,14H2,1-2H3. The van der Waals surface area contributed by atoms with E-state index in [-0.39, 0.29) is 5.91 Å². The van der Waals surface area contributed by atoms with E-state index in [0.717, 1.165) is 48.6 Å². The van der Waals surface area contributed by atoms with Gasteiger partial charge >= 0.3 is 0 Å². The normalized spacial score (nSPS) is 13.8. The van der Waals surface area contributed by atoms with Crippen LogP contribution < -0.4 is 9.47 Å². The number of likely N-dealkylation sites (tertiary alicyclic amines) is 1. The van der Waals surface area contributed by atoms with Crippen molar-refractivity contribution in [3.05, 3.63) is 59.2 Å². The number of carbonyl (C=O) groups is 1. The van der Waals surface area contributed by atoms with Crippen LogP contribution in [0.1, 0.15) is 34.3 Å². The Morgan fingerprint density at radius 1 is 1.08 bits per heavy atom. The highest BCUT2D eigenvalue weighted by Crippen LogP contribution is 2.25. The maximum absolute atomic E-state index is 12.6. The molecule has 2 aromatic rings. The predicted octanol–water partition coefficient (Wildman–Crippen LogP) is 3.82. The summed E-state index contributed by atoms with van der Waals surface area (Å²) in [4.78, 5) is 14.5. The molecule has 1 saturated heterocycles. The number of aryl methyl sites for hydroxylation is 1. The van der Waals surface area contributed by atoms with E-state index in [9.17, 15) is 4.79 Å². The van der Waals surface area contributed by atoms with Gasteiger partial charge in [-0.2, -0.15) is 0 Å². The fraction of sp³-hybridized carbons (Fsp3) is 0.350. The van der Waals surface area contributed by atoms with Crippen LogP contribution in [0.3, 0.4) is 0 Å². The summed E-state index contributed by atoms with van der Waals surface area (Å²) >= 11 is 0. The first-order chi connectivity index (χ1) is 11.7. The van der Waals surface area contributed by atoms with E-state index < -0.39 is 0 Å². The molecule has 3 rings (SSSR count). The maximum Gasteiger partial charge on any atom is 0.253 e. The highest BCUT2D eigenvalue weighted by atomic mass is 16.5. The Bertz CT molecular complexity index is 721. The van der Waals surface area contributed by atoms with Crippen molar-refractivity contribution >= 4 is 5.91 Å². The summed E-state index contributed by atoms with van der Waals surface area (Å²) in [5.74, 6) is 1.67. The Kier molecular flexibility index (Phi) is 5.04. The van der Waals surface area contributed by atoms with Crippen LogP contribution in [0.4, 0.5) is 0 Å². The number of benzene rings is 2. The van der Waals surface area contributed by atoms with Crippen LogP contribution in [0.5, 0.6) is 11.5 Å². The zero-order valence-electron chi connectivity index (χ0n) is 14.2. The summed E-state index contributed by atoms with van der Waals surface area (Å²) in [6.07, 6.45) is 2.18. The molecule has 0 atom stereocenters. The van der Waals surface area contributed by atoms with Gasteiger partial charge in [0.1, 0.15) is 18.1 Å². The minimum Gasteiger partial charge on any atom is -0.496 e. The van der Waals surface area contributed by atoms with Gasteiger partial charge in [0.15, 0.2) is 0 Å². The lowest BCUT2D eigenvalue weighted by Gasteiger charge is -2.17. The Morgan fingerprint density at radius 3 is 2.54 bits per heavy atom. The van der Waals surface area contributed by atoms with Crippen molar-refractivity contribution in [1.82, 2.24) is 4.90 Å². The smallest absolute Gasteiger partial charge is 0.253 e. The number of nitrogens with zero attached hydrogens (tertiary/aromatic N) is 1. The molecule has 4 heteroatoms. The molecule has 0 aliphatic carbocycles. The first-order valence-corrected chi connectivity index (χ1v) is 8.33. The highest BCUT2D eigenvalue weighted by Gasteiger charge is 2.20. The van der Waals surface area contributed by atoms with E-state index in [0.29, 0.717) is 12.2 Å². The summed E-state index contributed by atoms with van der Waals surface area (Å²) < 4.78 is 11.3. The van der Waals surface area contributed by atoms with Crippen LogP contribution >= 0.6 is 0 Å². The van der Waals surface area contributed by atoms with Crippen molar-refractivity contribution in [2.75, 3.05) is 20.2 Å². The second kappa shape index (κ2) is 7.39. The van der Waals surface area contributed by atoms with Gasteiger partial charge in [-0.3, -0.25) is 4.79 Å². The van der Waals surface area contributed by atoms with Crippen molar-refractivity contribution in [1.29, 1.82) is 0 Å². The van der Waals surface area contributed by atoms with E-state index >= 15 is 0 Å². The molecule has 1 aliphatic heterocycles. The fourth-order valence-corrected chi connectivity index (χ4v) is 3.00. The van der Waals surface area contributed by atoms with Crippen molar-refractivity contribution in [3.8, 4) is 11.5 Å². The summed E-state index contributed by atoms with van der Waals surface area (Å²) in [7, 11) is 1.63. The molecule has 0 spiro atoms. The molecular weight excluding hydrogens is 302 g/mol. The second-order valence-corrected chi connectivity index (χ2v) is 6.08. The van der Waals surface area contributed by atoms with E-state index in [2.05, 4.69) is 0 Å². The van der Waals surface area contributed by atoms with Crippen LogP contribution in [-0.2, 0) is 6.61 Å². The van der Waals surface area contributed by atoms with Gasteiger partial charge in [0, 0.05) is 24.2 Å². The minimum absolute atomic E-state index is 0.0901. The van der Waals surface area contributed by atoms with Gasteiger partial charge in [-0.05, 0) is 49.6 Å². The third-order valence-electron chi connectivity index (χ3n) is 4.40. The molecule has 0 unspecified atom stereocenters. The van der Waals surface area contributed by atoms with E-state index in [1.54, 1.807) is 7.11 Å². The van der Waals surface area contributed by atoms with E-state index in [4.69, 9.17) is 9.47 Å². The monoisotopic (exact) mass is 325 g/mol. The minimum atomic E-state index is 0.0901. The van der Waals surface area contributed by atoms with Gasteiger partial charge in [-0.15, -0.1) is 0 Å². The molecule has 2 aromatic carbocycles. The molecule has 1 aliphatic rings. The predicted molar refractivity (Wildman–Crippen MR) is 93.6 cm³/mol. The number of para-hydroxylation sites is 1. The maximum atomic E-state index is 12.6. The van der Waals surface area contributed by atoms with Crippen LogP contribution in [0.25, 0.3) is 0 Å². The summed E-state index contributed by atoms with van der Waals surface area (Å²) in [5, 5.41) is 0. The molecule has 24 heavy (non-hydrogen) atoms. The van der Waals surface area contributed by atoms with Gasteiger partial charge < -0.3 is 14.4 Å². The number of rotatable bonds is 5. The van der Waals surface area contributed by atoms with Gasteiger partial charge in [-0.1, -0.05) is 18.2 Å². The Morgan fingerprint density at radius 2 is 1.83 bits per heavy atom. The lowest BCUT2D eigenvalue weighted by Crippen LogP contribution is -2.27. The number of hydrogen-bond donors (Lipinski definition) is 0. The number of carbonyl (C=O) groups excluding carboxylic acids is 1. The Labute approximate surface area is 143 Å². The average Bonchev–Trinajstić information content (AvgIpc) is 3.15. The molecule has 1 fully saturated rings. The van der Waals surface area contributed by atoms with Crippen molar-refractivity contribution in [3.63, 3.8) is 0 Å². The molecule has 0 saturated carbocycles. The van der Waals surface area contributed by atoms with Crippen LogP contribution in [-0.4, -0.2) is 31.0 Å². The van der Waals surface area contributed by atoms with E-state index in [1.807, 2.05) is 54.3 Å². The quantitative estimate of drug-likeness (QED) is 0.839. The third kappa shape index (κ3) is 3.53. The van der Waals surface area contributed by atoms with Crippen molar-refractivity contribution < 1.29 is 14.3 Å². The lowest BCUT2D eigenvalue weighted by atomic mass is 10.1. The molecule has 126 valence electrons. The highest BCUT2D eigenvalue weighted by molar-refractivity contribution is 5.94. The number of ether oxygens (including phenoxy) is 2.